The first-order valence-corrected chi connectivity index (χ1v) is 5.70. The van der Waals surface area contributed by atoms with Crippen molar-refractivity contribution in [3.8, 4) is 0 Å². The average molecular weight is 241 g/mol. The summed E-state index contributed by atoms with van der Waals surface area (Å²) >= 11 is 5.76. The monoisotopic (exact) mass is 240 g/mol. The zero-order valence-corrected chi connectivity index (χ0v) is 9.50. The minimum Gasteiger partial charge on any atom is -0.478 e. The molecule has 2 rings (SSSR count). The maximum absolute atomic E-state index is 11.0. The standard InChI is InChI=1S/C11H13ClN2O2/c12-10-5-9(8(6-13-10)11(15)16)14-7-3-1-2-4-7/h5-7H,1-4H2,(H,13,14)(H,15,16). The number of halogens is 1. The summed E-state index contributed by atoms with van der Waals surface area (Å²) < 4.78 is 0. The highest BCUT2D eigenvalue weighted by Gasteiger charge is 2.18. The van der Waals surface area contributed by atoms with Crippen molar-refractivity contribution in [2.24, 2.45) is 0 Å². The van der Waals surface area contributed by atoms with Crippen molar-refractivity contribution in [3.63, 3.8) is 0 Å². The number of carbonyl (C=O) groups is 1. The van der Waals surface area contributed by atoms with Gasteiger partial charge in [-0.15, -0.1) is 0 Å². The number of anilines is 1. The van der Waals surface area contributed by atoms with Crippen molar-refractivity contribution in [1.29, 1.82) is 0 Å². The van der Waals surface area contributed by atoms with Gasteiger partial charge in [-0.25, -0.2) is 9.78 Å². The molecule has 0 amide bonds. The number of hydrogen-bond acceptors (Lipinski definition) is 3. The van der Waals surface area contributed by atoms with Gasteiger partial charge in [0.05, 0.1) is 5.69 Å². The lowest BCUT2D eigenvalue weighted by molar-refractivity contribution is 0.0697. The van der Waals surface area contributed by atoms with Gasteiger partial charge in [-0.1, -0.05) is 24.4 Å². The van der Waals surface area contributed by atoms with Crippen LogP contribution in [0.1, 0.15) is 36.0 Å². The number of nitrogens with one attached hydrogen (secondary N) is 1. The van der Waals surface area contributed by atoms with Gasteiger partial charge in [0, 0.05) is 12.2 Å². The highest BCUT2D eigenvalue weighted by molar-refractivity contribution is 6.29. The maximum atomic E-state index is 11.0. The van der Waals surface area contributed by atoms with Crippen molar-refractivity contribution in [1.82, 2.24) is 4.98 Å². The zero-order valence-electron chi connectivity index (χ0n) is 8.74. The molecular weight excluding hydrogens is 228 g/mol. The molecule has 1 heterocycles. The molecule has 1 aliphatic carbocycles. The van der Waals surface area contributed by atoms with Crippen LogP contribution in [0, 0.1) is 0 Å². The molecule has 0 unspecified atom stereocenters. The van der Waals surface area contributed by atoms with E-state index in [1.807, 2.05) is 0 Å². The molecule has 1 aromatic heterocycles. The SMILES string of the molecule is O=C(O)c1cnc(Cl)cc1NC1CCCC1. The predicted octanol–water partition coefficient (Wildman–Crippen LogP) is 2.79. The van der Waals surface area contributed by atoms with Crippen LogP contribution in [0.4, 0.5) is 5.69 Å². The molecule has 0 spiro atoms. The first kappa shape index (κ1) is 11.2. The second-order valence-corrected chi connectivity index (χ2v) is 4.37. The summed E-state index contributed by atoms with van der Waals surface area (Å²) in [5.74, 6) is -0.982. The van der Waals surface area contributed by atoms with E-state index in [9.17, 15) is 4.79 Å². The van der Waals surface area contributed by atoms with Gasteiger partial charge in [-0.3, -0.25) is 0 Å². The van der Waals surface area contributed by atoms with Gasteiger partial charge in [0.15, 0.2) is 0 Å². The lowest BCUT2D eigenvalue weighted by atomic mass is 10.2. The molecule has 4 nitrogen and oxygen atoms in total. The molecule has 0 radical (unpaired) electrons. The Morgan fingerprint density at radius 2 is 2.19 bits per heavy atom. The van der Waals surface area contributed by atoms with E-state index < -0.39 is 5.97 Å². The Bertz CT molecular complexity index is 403. The Balaban J connectivity index is 2.22. The van der Waals surface area contributed by atoms with Crippen LogP contribution in [0.3, 0.4) is 0 Å². The molecule has 86 valence electrons. The van der Waals surface area contributed by atoms with Crippen molar-refractivity contribution in [2.45, 2.75) is 31.7 Å². The highest BCUT2D eigenvalue weighted by Crippen LogP contribution is 2.25. The van der Waals surface area contributed by atoms with Crippen molar-refractivity contribution < 1.29 is 9.90 Å². The second-order valence-electron chi connectivity index (χ2n) is 3.98. The second kappa shape index (κ2) is 4.70. The first-order chi connectivity index (χ1) is 7.66. The minimum absolute atomic E-state index is 0.177. The van der Waals surface area contributed by atoms with Crippen LogP contribution < -0.4 is 5.32 Å². The summed E-state index contributed by atoms with van der Waals surface area (Å²) in [6, 6.07) is 1.93. The Morgan fingerprint density at radius 1 is 1.50 bits per heavy atom. The van der Waals surface area contributed by atoms with Gasteiger partial charge in [-0.2, -0.15) is 0 Å². The Morgan fingerprint density at radius 3 is 2.81 bits per heavy atom. The lowest BCUT2D eigenvalue weighted by Crippen LogP contribution is -2.17. The number of carboxylic acid groups (broad SMARTS) is 1. The Labute approximate surface area is 98.6 Å². The van der Waals surface area contributed by atoms with Crippen LogP contribution in [-0.4, -0.2) is 22.1 Å². The molecule has 5 heteroatoms. The van der Waals surface area contributed by atoms with Gasteiger partial charge >= 0.3 is 5.97 Å². The fourth-order valence-electron chi connectivity index (χ4n) is 2.01. The average Bonchev–Trinajstić information content (AvgIpc) is 2.70. The number of pyridine rings is 1. The summed E-state index contributed by atoms with van der Waals surface area (Å²) in [7, 11) is 0. The van der Waals surface area contributed by atoms with Crippen LogP contribution in [0.15, 0.2) is 12.3 Å². The third kappa shape index (κ3) is 2.44. The van der Waals surface area contributed by atoms with Crippen LogP contribution >= 0.6 is 11.6 Å². The summed E-state index contributed by atoms with van der Waals surface area (Å²) in [4.78, 5) is 14.8. The number of nitrogens with zero attached hydrogens (tertiary/aromatic N) is 1. The summed E-state index contributed by atoms with van der Waals surface area (Å²) in [6.07, 6.45) is 5.84. The molecule has 1 aliphatic rings. The molecule has 0 bridgehead atoms. The fourth-order valence-corrected chi connectivity index (χ4v) is 2.17. The van der Waals surface area contributed by atoms with Gasteiger partial charge in [0.1, 0.15) is 10.7 Å². The molecule has 2 N–H and O–H groups in total. The quantitative estimate of drug-likeness (QED) is 0.798. The van der Waals surface area contributed by atoms with Crippen molar-refractivity contribution >= 4 is 23.3 Å². The number of rotatable bonds is 3. The Hall–Kier alpha value is -1.29. The molecule has 1 fully saturated rings. The van der Waals surface area contributed by atoms with E-state index in [2.05, 4.69) is 10.3 Å². The van der Waals surface area contributed by atoms with Crippen LogP contribution in [0.2, 0.25) is 5.15 Å². The molecule has 0 aromatic carbocycles. The number of hydrogen-bond donors (Lipinski definition) is 2. The molecule has 1 aromatic rings. The molecule has 0 saturated heterocycles. The molecule has 1 saturated carbocycles. The largest absolute Gasteiger partial charge is 0.478 e. The van der Waals surface area contributed by atoms with Crippen LogP contribution in [0.25, 0.3) is 0 Å². The number of carboxylic acids is 1. The molecular formula is C11H13ClN2O2. The normalized spacial score (nSPS) is 16.3. The smallest absolute Gasteiger partial charge is 0.339 e. The number of aromatic carboxylic acids is 1. The van der Waals surface area contributed by atoms with E-state index in [-0.39, 0.29) is 5.56 Å². The van der Waals surface area contributed by atoms with Crippen molar-refractivity contribution in [2.75, 3.05) is 5.32 Å². The fraction of sp³-hybridized carbons (Fsp3) is 0.455. The van der Waals surface area contributed by atoms with Crippen molar-refractivity contribution in [3.05, 3.63) is 23.0 Å². The van der Waals surface area contributed by atoms with Gasteiger partial charge in [0.25, 0.3) is 0 Å². The third-order valence-corrected chi connectivity index (χ3v) is 3.02. The Kier molecular flexibility index (Phi) is 3.29. The van der Waals surface area contributed by atoms with E-state index >= 15 is 0 Å². The third-order valence-electron chi connectivity index (χ3n) is 2.82. The van der Waals surface area contributed by atoms with Gasteiger partial charge in [0.2, 0.25) is 0 Å². The van der Waals surface area contributed by atoms with E-state index in [1.165, 1.54) is 19.0 Å². The maximum Gasteiger partial charge on any atom is 0.339 e. The van der Waals surface area contributed by atoms with Crippen LogP contribution in [-0.2, 0) is 0 Å². The summed E-state index contributed by atoms with van der Waals surface area (Å²) in [5, 5.41) is 12.5. The predicted molar refractivity (Wildman–Crippen MR) is 62.1 cm³/mol. The van der Waals surface area contributed by atoms with Crippen LogP contribution in [0.5, 0.6) is 0 Å². The zero-order chi connectivity index (χ0) is 11.5. The molecule has 0 atom stereocenters. The van der Waals surface area contributed by atoms with E-state index in [0.717, 1.165) is 12.8 Å². The molecule has 16 heavy (non-hydrogen) atoms. The highest BCUT2D eigenvalue weighted by atomic mass is 35.5. The van der Waals surface area contributed by atoms with E-state index in [0.29, 0.717) is 16.9 Å². The minimum atomic E-state index is -0.982. The summed E-state index contributed by atoms with van der Waals surface area (Å²) in [5.41, 5.74) is 0.746. The number of aromatic nitrogens is 1. The van der Waals surface area contributed by atoms with Gasteiger partial charge in [-0.05, 0) is 18.9 Å². The summed E-state index contributed by atoms with van der Waals surface area (Å²) in [6.45, 7) is 0. The first-order valence-electron chi connectivity index (χ1n) is 5.32. The lowest BCUT2D eigenvalue weighted by Gasteiger charge is -2.15. The van der Waals surface area contributed by atoms with E-state index in [1.54, 1.807) is 6.07 Å². The topological polar surface area (TPSA) is 62.2 Å². The van der Waals surface area contributed by atoms with Gasteiger partial charge < -0.3 is 10.4 Å². The van der Waals surface area contributed by atoms with E-state index in [4.69, 9.17) is 16.7 Å². The molecule has 0 aliphatic heterocycles.